The molecule has 8 heteroatoms. The van der Waals surface area contributed by atoms with Crippen LogP contribution in [0, 0.1) is 20.8 Å². The Kier molecular flexibility index (Phi) is 7.19. The molecule has 3 aromatic rings. The molecule has 0 bridgehead atoms. The van der Waals surface area contributed by atoms with E-state index in [2.05, 4.69) is 43.2 Å². The van der Waals surface area contributed by atoms with Crippen molar-refractivity contribution in [1.29, 1.82) is 0 Å². The number of nitrogens with zero attached hydrogens (tertiary/aromatic N) is 2. The van der Waals surface area contributed by atoms with Crippen LogP contribution in [-0.2, 0) is 16.3 Å². The Hall–Kier alpha value is -2.58. The van der Waals surface area contributed by atoms with Crippen molar-refractivity contribution in [3.63, 3.8) is 0 Å². The second-order valence-electron chi connectivity index (χ2n) is 8.92. The number of piperidine rings is 1. The predicted octanol–water partition coefficient (Wildman–Crippen LogP) is 5.12. The topological polar surface area (TPSA) is 68.7 Å². The average molecular weight is 501 g/mol. The highest BCUT2D eigenvalue weighted by Crippen LogP contribution is 2.35. The van der Waals surface area contributed by atoms with Gasteiger partial charge in [0.25, 0.3) is 0 Å². The molecule has 0 saturated carbocycles. The Labute approximate surface area is 206 Å². The van der Waals surface area contributed by atoms with Crippen LogP contribution < -0.4 is 14.4 Å². The number of aromatic nitrogens is 1. The van der Waals surface area contributed by atoms with Crippen molar-refractivity contribution in [3.05, 3.63) is 63.7 Å². The first-order valence-corrected chi connectivity index (χ1v) is 13.9. The van der Waals surface area contributed by atoms with Crippen LogP contribution >= 0.6 is 11.3 Å². The fourth-order valence-electron chi connectivity index (χ4n) is 4.74. The van der Waals surface area contributed by atoms with Gasteiger partial charge >= 0.3 is 0 Å². The van der Waals surface area contributed by atoms with E-state index < -0.39 is 15.1 Å². The molecule has 2 aromatic carbocycles. The van der Waals surface area contributed by atoms with E-state index in [4.69, 9.17) is 14.5 Å². The van der Waals surface area contributed by atoms with Gasteiger partial charge in [0, 0.05) is 31.0 Å². The Bertz CT molecular complexity index is 1250. The second-order valence-corrected chi connectivity index (χ2v) is 12.0. The zero-order chi connectivity index (χ0) is 24.5. The molecule has 1 aliphatic rings. The number of hydrogen-bond acceptors (Lipinski definition) is 7. The Balaban J connectivity index is 1.44. The molecule has 1 aliphatic heterocycles. The third kappa shape index (κ3) is 4.93. The molecule has 34 heavy (non-hydrogen) atoms. The van der Waals surface area contributed by atoms with Crippen LogP contribution in [0.2, 0.25) is 0 Å². The molecular weight excluding hydrogens is 468 g/mol. The third-order valence-electron chi connectivity index (χ3n) is 6.57. The summed E-state index contributed by atoms with van der Waals surface area (Å²) in [6.07, 6.45) is 1.93. The summed E-state index contributed by atoms with van der Waals surface area (Å²) in [5.74, 6) is 0.897. The number of ether oxygens (including phenoxy) is 2. The third-order valence-corrected chi connectivity index (χ3v) is 9.82. The summed E-state index contributed by atoms with van der Waals surface area (Å²) in [4.78, 5) is 7.33. The minimum Gasteiger partial charge on any atom is -0.497 e. The van der Waals surface area contributed by atoms with Crippen LogP contribution in [-0.4, -0.2) is 46.0 Å². The van der Waals surface area contributed by atoms with Crippen LogP contribution in [0.3, 0.4) is 0 Å². The van der Waals surface area contributed by atoms with Gasteiger partial charge in [-0.25, -0.2) is 13.4 Å². The number of aryl methyl sites for hydroxylation is 3. The molecule has 1 aromatic heterocycles. The van der Waals surface area contributed by atoms with Crippen molar-refractivity contribution in [3.8, 4) is 11.5 Å². The summed E-state index contributed by atoms with van der Waals surface area (Å²) >= 11 is 1.64. The zero-order valence-electron chi connectivity index (χ0n) is 20.4. The average Bonchev–Trinajstić information content (AvgIpc) is 3.29. The first-order valence-electron chi connectivity index (χ1n) is 11.4. The Morgan fingerprint density at radius 2 is 1.71 bits per heavy atom. The standard InChI is InChI=1S/C26H32N2O4S2/c1-17-12-18(2)23(19(3)13-17)14-20-16-33-26(27-20)28-10-8-22(9-11-28)34(29,30)25-7-6-21(31-4)15-24(25)32-5/h6-7,12-13,15-16,22H,8-11,14H2,1-5H3. The molecule has 1 fully saturated rings. The molecule has 4 rings (SSSR count). The number of methoxy groups -OCH3 is 2. The predicted molar refractivity (Wildman–Crippen MR) is 138 cm³/mol. The van der Waals surface area contributed by atoms with Crippen molar-refractivity contribution >= 4 is 26.3 Å². The molecule has 182 valence electrons. The van der Waals surface area contributed by atoms with E-state index in [1.165, 1.54) is 29.4 Å². The summed E-state index contributed by atoms with van der Waals surface area (Å²) in [5, 5.41) is 2.65. The van der Waals surface area contributed by atoms with Crippen molar-refractivity contribution in [2.45, 2.75) is 50.2 Å². The lowest BCUT2D eigenvalue weighted by Gasteiger charge is -2.31. The summed E-state index contributed by atoms with van der Waals surface area (Å²) in [6.45, 7) is 7.77. The molecule has 2 heterocycles. The quantitative estimate of drug-likeness (QED) is 0.449. The van der Waals surface area contributed by atoms with Gasteiger partial charge in [-0.15, -0.1) is 11.3 Å². The van der Waals surface area contributed by atoms with E-state index in [1.54, 1.807) is 36.6 Å². The highest BCUT2D eigenvalue weighted by Gasteiger charge is 2.34. The van der Waals surface area contributed by atoms with Gasteiger partial charge in [-0.3, -0.25) is 0 Å². The molecule has 0 spiro atoms. The number of sulfone groups is 1. The molecule has 0 atom stereocenters. The van der Waals surface area contributed by atoms with Crippen LogP contribution in [0.4, 0.5) is 5.13 Å². The normalized spacial score (nSPS) is 14.9. The smallest absolute Gasteiger partial charge is 0.185 e. The Morgan fingerprint density at radius 3 is 2.32 bits per heavy atom. The minimum atomic E-state index is -3.51. The minimum absolute atomic E-state index is 0.231. The van der Waals surface area contributed by atoms with E-state index in [-0.39, 0.29) is 4.90 Å². The van der Waals surface area contributed by atoms with Crippen LogP contribution in [0.5, 0.6) is 11.5 Å². The van der Waals surface area contributed by atoms with Crippen molar-refractivity contribution in [2.75, 3.05) is 32.2 Å². The summed E-state index contributed by atoms with van der Waals surface area (Å²) < 4.78 is 37.3. The lowest BCUT2D eigenvalue weighted by molar-refractivity contribution is 0.385. The number of benzene rings is 2. The fourth-order valence-corrected chi connectivity index (χ4v) is 7.49. The molecule has 0 amide bonds. The van der Waals surface area contributed by atoms with E-state index in [0.717, 1.165) is 17.2 Å². The lowest BCUT2D eigenvalue weighted by Crippen LogP contribution is -2.39. The van der Waals surface area contributed by atoms with Gasteiger partial charge in [0.05, 0.1) is 25.2 Å². The zero-order valence-corrected chi connectivity index (χ0v) is 22.1. The van der Waals surface area contributed by atoms with Gasteiger partial charge in [-0.1, -0.05) is 17.7 Å². The van der Waals surface area contributed by atoms with E-state index in [0.29, 0.717) is 37.4 Å². The van der Waals surface area contributed by atoms with Gasteiger partial charge in [0.15, 0.2) is 15.0 Å². The van der Waals surface area contributed by atoms with E-state index >= 15 is 0 Å². The fraction of sp³-hybridized carbons (Fsp3) is 0.423. The van der Waals surface area contributed by atoms with E-state index in [1.807, 2.05) is 0 Å². The van der Waals surface area contributed by atoms with Gasteiger partial charge < -0.3 is 14.4 Å². The molecule has 6 nitrogen and oxygen atoms in total. The SMILES string of the molecule is COc1ccc(S(=O)(=O)C2CCN(c3nc(Cc4c(C)cc(C)cc4C)cs3)CC2)c(OC)c1. The molecule has 0 radical (unpaired) electrons. The maximum Gasteiger partial charge on any atom is 0.185 e. The highest BCUT2D eigenvalue weighted by atomic mass is 32.2. The number of anilines is 1. The van der Waals surface area contributed by atoms with Crippen LogP contribution in [0.25, 0.3) is 0 Å². The maximum atomic E-state index is 13.4. The van der Waals surface area contributed by atoms with Gasteiger partial charge in [-0.2, -0.15) is 0 Å². The maximum absolute atomic E-state index is 13.4. The van der Waals surface area contributed by atoms with Crippen molar-refractivity contribution < 1.29 is 17.9 Å². The summed E-state index contributed by atoms with van der Waals surface area (Å²) in [7, 11) is -0.479. The molecule has 1 saturated heterocycles. The molecule has 0 unspecified atom stereocenters. The number of rotatable bonds is 7. The van der Waals surface area contributed by atoms with Gasteiger partial charge in [-0.05, 0) is 62.4 Å². The number of hydrogen-bond donors (Lipinski definition) is 0. The van der Waals surface area contributed by atoms with Crippen molar-refractivity contribution in [1.82, 2.24) is 4.98 Å². The van der Waals surface area contributed by atoms with Gasteiger partial charge in [0.1, 0.15) is 16.4 Å². The van der Waals surface area contributed by atoms with Crippen LogP contribution in [0.1, 0.15) is 40.8 Å². The second kappa shape index (κ2) is 9.96. The Morgan fingerprint density at radius 1 is 1.03 bits per heavy atom. The first-order chi connectivity index (χ1) is 16.2. The monoisotopic (exact) mass is 500 g/mol. The van der Waals surface area contributed by atoms with Crippen molar-refractivity contribution in [2.24, 2.45) is 0 Å². The largest absolute Gasteiger partial charge is 0.497 e. The molecule has 0 aliphatic carbocycles. The van der Waals surface area contributed by atoms with Gasteiger partial charge in [0.2, 0.25) is 0 Å². The van der Waals surface area contributed by atoms with E-state index in [9.17, 15) is 8.42 Å². The number of thiazole rings is 1. The molecule has 0 N–H and O–H groups in total. The first kappa shape index (κ1) is 24.5. The molecular formula is C26H32N2O4S2. The summed E-state index contributed by atoms with van der Waals surface area (Å²) in [6, 6.07) is 9.31. The highest BCUT2D eigenvalue weighted by molar-refractivity contribution is 7.92. The lowest BCUT2D eigenvalue weighted by atomic mass is 9.96. The summed E-state index contributed by atoms with van der Waals surface area (Å²) in [5.41, 5.74) is 6.27. The van der Waals surface area contributed by atoms with Crippen LogP contribution in [0.15, 0.2) is 40.6 Å².